The van der Waals surface area contributed by atoms with Gasteiger partial charge >= 0.3 is 0 Å². The molecule has 0 spiro atoms. The first-order chi connectivity index (χ1) is 7.45. The molecule has 0 atom stereocenters. The molecule has 0 bridgehead atoms. The number of carbonyl (C=O) groups excluding carboxylic acids is 1. The molecule has 1 aromatic carbocycles. The summed E-state index contributed by atoms with van der Waals surface area (Å²) in [5.74, 6) is 0. The van der Waals surface area contributed by atoms with Crippen LogP contribution in [-0.2, 0) is 12.5 Å². The molecule has 84 valence electrons. The summed E-state index contributed by atoms with van der Waals surface area (Å²) in [7, 11) is 1.93. The van der Waals surface area contributed by atoms with E-state index in [1.807, 2.05) is 29.9 Å². The van der Waals surface area contributed by atoms with E-state index in [9.17, 15) is 4.79 Å². The quantitative estimate of drug-likeness (QED) is 0.687. The molecule has 0 aliphatic rings. The second kappa shape index (κ2) is 3.44. The number of nitrogens with zero attached hydrogens (tertiary/aromatic N) is 2. The molecule has 3 nitrogen and oxygen atoms in total. The standard InChI is InChI=1S/C13H16N2O/c1-13(2,3)12-11-9(8-16)6-5-7-10(11)14-15(12)4/h5-8H,1-4H3. The van der Waals surface area contributed by atoms with Crippen molar-refractivity contribution < 1.29 is 4.79 Å². The van der Waals surface area contributed by atoms with Gasteiger partial charge in [-0.3, -0.25) is 9.48 Å². The SMILES string of the molecule is Cn1nc2cccc(C=O)c2c1C(C)(C)C. The first kappa shape index (κ1) is 10.9. The van der Waals surface area contributed by atoms with Crippen LogP contribution in [0, 0.1) is 0 Å². The molecule has 0 N–H and O–H groups in total. The minimum Gasteiger partial charge on any atom is -0.298 e. The van der Waals surface area contributed by atoms with Gasteiger partial charge in [0.05, 0.1) is 11.2 Å². The lowest BCUT2D eigenvalue weighted by Gasteiger charge is -2.19. The van der Waals surface area contributed by atoms with E-state index < -0.39 is 0 Å². The number of aryl methyl sites for hydroxylation is 1. The van der Waals surface area contributed by atoms with E-state index in [1.165, 1.54) is 0 Å². The van der Waals surface area contributed by atoms with Gasteiger partial charge in [0.1, 0.15) is 0 Å². The lowest BCUT2D eigenvalue weighted by molar-refractivity contribution is 0.112. The van der Waals surface area contributed by atoms with Gasteiger partial charge in [-0.25, -0.2) is 0 Å². The van der Waals surface area contributed by atoms with Crippen LogP contribution < -0.4 is 0 Å². The molecule has 0 fully saturated rings. The Hall–Kier alpha value is -1.64. The monoisotopic (exact) mass is 216 g/mol. The molecule has 1 aromatic heterocycles. The summed E-state index contributed by atoms with van der Waals surface area (Å²) < 4.78 is 1.87. The zero-order valence-electron chi connectivity index (χ0n) is 10.1. The van der Waals surface area contributed by atoms with Crippen molar-refractivity contribution in [3.8, 4) is 0 Å². The van der Waals surface area contributed by atoms with Crippen molar-refractivity contribution in [3.63, 3.8) is 0 Å². The average Bonchev–Trinajstić information content (AvgIpc) is 2.52. The van der Waals surface area contributed by atoms with Gasteiger partial charge in [0.15, 0.2) is 6.29 Å². The van der Waals surface area contributed by atoms with Crippen molar-refractivity contribution in [1.29, 1.82) is 0 Å². The summed E-state index contributed by atoms with van der Waals surface area (Å²) in [6.07, 6.45) is 0.902. The average molecular weight is 216 g/mol. The molecule has 16 heavy (non-hydrogen) atoms. The van der Waals surface area contributed by atoms with Gasteiger partial charge in [-0.1, -0.05) is 32.9 Å². The number of aromatic nitrogens is 2. The molecule has 1 heterocycles. The Morgan fingerprint density at radius 1 is 1.31 bits per heavy atom. The number of rotatable bonds is 1. The van der Waals surface area contributed by atoms with Crippen LogP contribution in [0.2, 0.25) is 0 Å². The van der Waals surface area contributed by atoms with Crippen molar-refractivity contribution in [3.05, 3.63) is 29.5 Å². The first-order valence-corrected chi connectivity index (χ1v) is 5.36. The highest BCUT2D eigenvalue weighted by molar-refractivity contribution is 5.98. The van der Waals surface area contributed by atoms with Crippen molar-refractivity contribution >= 4 is 17.2 Å². The third kappa shape index (κ3) is 1.52. The zero-order chi connectivity index (χ0) is 11.9. The molecule has 2 rings (SSSR count). The molecule has 0 aliphatic carbocycles. The normalized spacial score (nSPS) is 12.0. The predicted molar refractivity (Wildman–Crippen MR) is 64.8 cm³/mol. The Kier molecular flexibility index (Phi) is 2.34. The van der Waals surface area contributed by atoms with Crippen LogP contribution in [0.3, 0.4) is 0 Å². The fraction of sp³-hybridized carbons (Fsp3) is 0.385. The number of carbonyl (C=O) groups is 1. The number of hydrogen-bond acceptors (Lipinski definition) is 2. The number of benzene rings is 1. The maximum atomic E-state index is 11.1. The van der Waals surface area contributed by atoms with Crippen molar-refractivity contribution in [1.82, 2.24) is 9.78 Å². The zero-order valence-corrected chi connectivity index (χ0v) is 10.1. The van der Waals surface area contributed by atoms with Crippen molar-refractivity contribution in [2.75, 3.05) is 0 Å². The molecule has 0 unspecified atom stereocenters. The highest BCUT2D eigenvalue weighted by Crippen LogP contribution is 2.31. The Labute approximate surface area is 95.1 Å². The van der Waals surface area contributed by atoms with Crippen LogP contribution in [0.15, 0.2) is 18.2 Å². The number of aldehydes is 1. The molecule has 3 heteroatoms. The van der Waals surface area contributed by atoms with Gasteiger partial charge in [0.2, 0.25) is 0 Å². The summed E-state index contributed by atoms with van der Waals surface area (Å²) in [5.41, 5.74) is 2.68. The van der Waals surface area contributed by atoms with Crippen LogP contribution in [0.1, 0.15) is 36.8 Å². The molecule has 0 amide bonds. The topological polar surface area (TPSA) is 34.9 Å². The van der Waals surface area contributed by atoms with Crippen LogP contribution in [0.25, 0.3) is 10.9 Å². The minimum atomic E-state index is -0.0252. The Bertz CT molecular complexity index is 547. The van der Waals surface area contributed by atoms with Gasteiger partial charge in [-0.15, -0.1) is 0 Å². The summed E-state index contributed by atoms with van der Waals surface area (Å²) >= 11 is 0. The van der Waals surface area contributed by atoms with Crippen LogP contribution in [0.5, 0.6) is 0 Å². The van der Waals surface area contributed by atoms with Gasteiger partial charge < -0.3 is 0 Å². The summed E-state index contributed by atoms with van der Waals surface area (Å²) in [5, 5.41) is 5.43. The molecule has 0 saturated heterocycles. The fourth-order valence-electron chi connectivity index (χ4n) is 2.23. The molecule has 0 saturated carbocycles. The molecule has 0 radical (unpaired) electrons. The fourth-order valence-corrected chi connectivity index (χ4v) is 2.23. The first-order valence-electron chi connectivity index (χ1n) is 5.36. The number of hydrogen-bond donors (Lipinski definition) is 0. The minimum absolute atomic E-state index is 0.0252. The Morgan fingerprint density at radius 2 is 2.00 bits per heavy atom. The lowest BCUT2D eigenvalue weighted by atomic mass is 9.88. The highest BCUT2D eigenvalue weighted by atomic mass is 16.1. The largest absolute Gasteiger partial charge is 0.298 e. The Balaban J connectivity index is 2.92. The third-order valence-corrected chi connectivity index (χ3v) is 2.73. The Morgan fingerprint density at radius 3 is 2.56 bits per heavy atom. The van der Waals surface area contributed by atoms with Crippen molar-refractivity contribution in [2.24, 2.45) is 7.05 Å². The van der Waals surface area contributed by atoms with E-state index in [4.69, 9.17) is 0 Å². The van der Waals surface area contributed by atoms with E-state index in [0.29, 0.717) is 0 Å². The van der Waals surface area contributed by atoms with Crippen LogP contribution in [-0.4, -0.2) is 16.1 Å². The smallest absolute Gasteiger partial charge is 0.150 e. The van der Waals surface area contributed by atoms with Crippen molar-refractivity contribution in [2.45, 2.75) is 26.2 Å². The second-order valence-electron chi connectivity index (χ2n) is 5.08. The molecular weight excluding hydrogens is 200 g/mol. The van der Waals surface area contributed by atoms with E-state index >= 15 is 0 Å². The van der Waals surface area contributed by atoms with E-state index in [1.54, 1.807) is 0 Å². The van der Waals surface area contributed by atoms with Gasteiger partial charge in [0.25, 0.3) is 0 Å². The third-order valence-electron chi connectivity index (χ3n) is 2.73. The van der Waals surface area contributed by atoms with Gasteiger partial charge in [-0.2, -0.15) is 5.10 Å². The summed E-state index contributed by atoms with van der Waals surface area (Å²) in [6, 6.07) is 5.65. The predicted octanol–water partition coefficient (Wildman–Crippen LogP) is 2.68. The van der Waals surface area contributed by atoms with E-state index in [-0.39, 0.29) is 5.41 Å². The summed E-state index contributed by atoms with van der Waals surface area (Å²) in [6.45, 7) is 6.39. The van der Waals surface area contributed by atoms with Gasteiger partial charge in [0, 0.05) is 23.4 Å². The highest BCUT2D eigenvalue weighted by Gasteiger charge is 2.23. The molecular formula is C13H16N2O. The second-order valence-corrected chi connectivity index (χ2v) is 5.08. The lowest BCUT2D eigenvalue weighted by Crippen LogP contribution is -2.17. The van der Waals surface area contributed by atoms with Crippen LogP contribution in [0.4, 0.5) is 0 Å². The van der Waals surface area contributed by atoms with E-state index in [2.05, 4.69) is 25.9 Å². The van der Waals surface area contributed by atoms with Crippen LogP contribution >= 0.6 is 0 Å². The van der Waals surface area contributed by atoms with Gasteiger partial charge in [-0.05, 0) is 6.07 Å². The maximum Gasteiger partial charge on any atom is 0.150 e. The number of fused-ring (bicyclic) bond motifs is 1. The molecule has 2 aromatic rings. The molecule has 0 aliphatic heterocycles. The maximum absolute atomic E-state index is 11.1. The van der Waals surface area contributed by atoms with E-state index in [0.717, 1.165) is 28.4 Å². The summed E-state index contributed by atoms with van der Waals surface area (Å²) in [4.78, 5) is 11.1.